The molecule has 2 aliphatic rings. The molecular weight excluding hydrogens is 443 g/mol. The first-order chi connectivity index (χ1) is 15.3. The highest BCUT2D eigenvalue weighted by Gasteiger charge is 2.32. The van der Waals surface area contributed by atoms with E-state index in [1.54, 1.807) is 11.2 Å². The monoisotopic (exact) mass is 463 g/mol. The molecule has 0 bridgehead atoms. The minimum absolute atomic E-state index is 0.000626. The van der Waals surface area contributed by atoms with Crippen molar-refractivity contribution in [3.05, 3.63) is 57.9 Å². The number of nitrogens with zero attached hydrogens (tertiary/aromatic N) is 3. The molecule has 9 heteroatoms. The number of benzene rings is 1. The van der Waals surface area contributed by atoms with Gasteiger partial charge in [0.05, 0.1) is 23.3 Å². The second kappa shape index (κ2) is 7.99. The Labute approximate surface area is 187 Å². The lowest BCUT2D eigenvalue weighted by molar-refractivity contribution is -0.137. The molecule has 0 N–H and O–H groups in total. The van der Waals surface area contributed by atoms with E-state index < -0.39 is 11.7 Å². The van der Waals surface area contributed by atoms with Crippen molar-refractivity contribution < 1.29 is 22.4 Å². The number of pyridine rings is 1. The predicted octanol–water partition coefficient (Wildman–Crippen LogP) is 4.88. The molecule has 5 nitrogen and oxygen atoms in total. The molecule has 0 spiro atoms. The van der Waals surface area contributed by atoms with Gasteiger partial charge in [-0.3, -0.25) is 4.79 Å². The minimum atomic E-state index is -4.49. The molecule has 0 radical (unpaired) electrons. The largest absolute Gasteiger partial charge is 0.464 e. The van der Waals surface area contributed by atoms with E-state index in [0.29, 0.717) is 32.0 Å². The molecule has 168 valence electrons. The molecule has 3 heterocycles. The number of hydrogen-bond acceptors (Lipinski definition) is 4. The Hall–Kier alpha value is -2.74. The summed E-state index contributed by atoms with van der Waals surface area (Å²) >= 11 is 6.06. The van der Waals surface area contributed by atoms with Crippen molar-refractivity contribution in [2.45, 2.75) is 31.9 Å². The van der Waals surface area contributed by atoms with Crippen LogP contribution in [0.1, 0.15) is 28.7 Å². The number of aromatic nitrogens is 1. The third-order valence-corrected chi connectivity index (χ3v) is 6.57. The summed E-state index contributed by atoms with van der Waals surface area (Å²) in [5.41, 5.74) is 3.49. The topological polar surface area (TPSA) is 49.6 Å². The van der Waals surface area contributed by atoms with Crippen LogP contribution in [0.4, 0.5) is 19.0 Å². The Morgan fingerprint density at radius 1 is 1.09 bits per heavy atom. The van der Waals surface area contributed by atoms with Crippen LogP contribution in [0.5, 0.6) is 0 Å². The maximum Gasteiger partial charge on any atom is 0.417 e. The van der Waals surface area contributed by atoms with Crippen molar-refractivity contribution in [3.63, 3.8) is 0 Å². The van der Waals surface area contributed by atoms with Crippen molar-refractivity contribution >= 4 is 34.3 Å². The number of carbonyl (C=O) groups excluding carboxylic acids is 1. The fraction of sp³-hybridized carbons (Fsp3) is 0.391. The lowest BCUT2D eigenvalue weighted by atomic mass is 10.0. The maximum absolute atomic E-state index is 12.9. The Bertz CT molecular complexity index is 1180. The molecule has 0 atom stereocenters. The average Bonchev–Trinajstić information content (AvgIpc) is 3.38. The summed E-state index contributed by atoms with van der Waals surface area (Å²) in [6.45, 7) is 1.79. The second-order valence-corrected chi connectivity index (χ2v) is 8.71. The molecule has 1 saturated heterocycles. The Morgan fingerprint density at radius 3 is 2.50 bits per heavy atom. The number of rotatable bonds is 3. The van der Waals surface area contributed by atoms with Crippen molar-refractivity contribution in [1.29, 1.82) is 0 Å². The Morgan fingerprint density at radius 2 is 1.81 bits per heavy atom. The highest BCUT2D eigenvalue weighted by atomic mass is 35.5. The maximum atomic E-state index is 12.9. The van der Waals surface area contributed by atoms with Crippen LogP contribution in [0.15, 0.2) is 35.1 Å². The summed E-state index contributed by atoms with van der Waals surface area (Å²) in [4.78, 5) is 20.4. The van der Waals surface area contributed by atoms with Crippen molar-refractivity contribution in [2.75, 3.05) is 31.1 Å². The van der Waals surface area contributed by atoms with Gasteiger partial charge in [-0.05, 0) is 48.6 Å². The number of alkyl halides is 3. The van der Waals surface area contributed by atoms with Gasteiger partial charge in [0.15, 0.2) is 0 Å². The van der Waals surface area contributed by atoms with Gasteiger partial charge in [-0.2, -0.15) is 13.2 Å². The van der Waals surface area contributed by atoms with E-state index >= 15 is 0 Å². The fourth-order valence-electron chi connectivity index (χ4n) is 4.55. The van der Waals surface area contributed by atoms with Gasteiger partial charge in [0, 0.05) is 43.3 Å². The zero-order valence-electron chi connectivity index (χ0n) is 17.2. The summed E-state index contributed by atoms with van der Waals surface area (Å²) in [6.07, 6.45) is 1.51. The molecule has 0 saturated carbocycles. The van der Waals surface area contributed by atoms with Crippen LogP contribution in [-0.4, -0.2) is 42.0 Å². The molecule has 1 aliphatic heterocycles. The second-order valence-electron chi connectivity index (χ2n) is 8.30. The van der Waals surface area contributed by atoms with Gasteiger partial charge in [-0.25, -0.2) is 4.98 Å². The van der Waals surface area contributed by atoms with E-state index in [1.807, 2.05) is 4.90 Å². The van der Waals surface area contributed by atoms with Gasteiger partial charge in [-0.15, -0.1) is 0 Å². The van der Waals surface area contributed by atoms with Crippen LogP contribution in [0, 0.1) is 0 Å². The number of carbonyl (C=O) groups is 1. The SMILES string of the molecule is O=C(Cc1coc2cc3c(cc12)CCC3)N1CCN(c2ncc(C(F)(F)F)cc2Cl)CC1. The smallest absolute Gasteiger partial charge is 0.417 e. The number of halogens is 4. The third kappa shape index (κ3) is 3.92. The third-order valence-electron chi connectivity index (χ3n) is 6.29. The molecule has 1 fully saturated rings. The van der Waals surface area contributed by atoms with Crippen molar-refractivity contribution in [2.24, 2.45) is 0 Å². The van der Waals surface area contributed by atoms with Gasteiger partial charge in [-0.1, -0.05) is 11.6 Å². The quantitative estimate of drug-likeness (QED) is 0.555. The van der Waals surface area contributed by atoms with E-state index in [0.717, 1.165) is 48.1 Å². The fourth-order valence-corrected chi connectivity index (χ4v) is 4.83. The predicted molar refractivity (Wildman–Crippen MR) is 115 cm³/mol. The number of aryl methyl sites for hydroxylation is 2. The minimum Gasteiger partial charge on any atom is -0.464 e. The molecule has 1 aromatic carbocycles. The Kier molecular flexibility index (Phi) is 5.28. The lowest BCUT2D eigenvalue weighted by Gasteiger charge is -2.35. The number of furan rings is 1. The van der Waals surface area contributed by atoms with E-state index in [9.17, 15) is 18.0 Å². The molecule has 5 rings (SSSR count). The summed E-state index contributed by atoms with van der Waals surface area (Å²) < 4.78 is 44.2. The zero-order valence-corrected chi connectivity index (χ0v) is 18.0. The van der Waals surface area contributed by atoms with E-state index in [1.165, 1.54) is 11.1 Å². The van der Waals surface area contributed by atoms with Crippen LogP contribution in [-0.2, 0) is 30.2 Å². The van der Waals surface area contributed by atoms with E-state index in [4.69, 9.17) is 16.0 Å². The highest BCUT2D eigenvalue weighted by Crippen LogP contribution is 2.34. The first-order valence-corrected chi connectivity index (χ1v) is 10.9. The van der Waals surface area contributed by atoms with Crippen LogP contribution >= 0.6 is 11.6 Å². The molecular formula is C23H21ClF3N3O2. The van der Waals surface area contributed by atoms with Crippen molar-refractivity contribution in [3.8, 4) is 0 Å². The average molecular weight is 464 g/mol. The molecule has 1 amide bonds. The van der Waals surface area contributed by atoms with Crippen molar-refractivity contribution in [1.82, 2.24) is 9.88 Å². The standard InChI is InChI=1S/C23H21ClF3N3O2/c24-19-11-17(23(25,26)27)12-28-22(19)30-6-4-29(5-7-30)21(31)10-16-13-32-20-9-15-3-1-2-14(15)8-18(16)20/h8-9,11-13H,1-7,10H2. The Balaban J connectivity index is 1.24. The molecule has 2 aromatic heterocycles. The van der Waals surface area contributed by atoms with E-state index in [2.05, 4.69) is 17.1 Å². The van der Waals surface area contributed by atoms with E-state index in [-0.39, 0.29) is 17.4 Å². The van der Waals surface area contributed by atoms with Gasteiger partial charge in [0.2, 0.25) is 5.91 Å². The molecule has 1 aliphatic carbocycles. The summed E-state index contributed by atoms with van der Waals surface area (Å²) in [7, 11) is 0. The van der Waals surface area contributed by atoms with Gasteiger partial charge in [0.1, 0.15) is 11.4 Å². The van der Waals surface area contributed by atoms with Gasteiger partial charge in [0.25, 0.3) is 0 Å². The number of amides is 1. The van der Waals surface area contributed by atoms with Crippen LogP contribution in [0.2, 0.25) is 5.02 Å². The number of anilines is 1. The molecule has 0 unspecified atom stereocenters. The molecule has 3 aromatic rings. The summed E-state index contributed by atoms with van der Waals surface area (Å²) in [5.74, 6) is 0.306. The first kappa shape index (κ1) is 21.1. The number of fused-ring (bicyclic) bond motifs is 2. The lowest BCUT2D eigenvalue weighted by Crippen LogP contribution is -2.49. The summed E-state index contributed by atoms with van der Waals surface area (Å²) in [5, 5.41) is 0.954. The number of hydrogen-bond donors (Lipinski definition) is 0. The van der Waals surface area contributed by atoms with Crippen LogP contribution < -0.4 is 4.90 Å². The van der Waals surface area contributed by atoms with Crippen LogP contribution in [0.25, 0.3) is 11.0 Å². The summed E-state index contributed by atoms with van der Waals surface area (Å²) in [6, 6.07) is 5.13. The van der Waals surface area contributed by atoms with Gasteiger partial charge < -0.3 is 14.2 Å². The van der Waals surface area contributed by atoms with Crippen LogP contribution in [0.3, 0.4) is 0 Å². The first-order valence-electron chi connectivity index (χ1n) is 10.6. The molecule has 32 heavy (non-hydrogen) atoms. The number of piperazine rings is 1. The zero-order chi connectivity index (χ0) is 22.5. The van der Waals surface area contributed by atoms with Gasteiger partial charge >= 0.3 is 6.18 Å². The normalized spacial score (nSPS) is 16.6. The highest BCUT2D eigenvalue weighted by molar-refractivity contribution is 6.33.